The van der Waals surface area contributed by atoms with Gasteiger partial charge in [0.25, 0.3) is 0 Å². The highest BCUT2D eigenvalue weighted by molar-refractivity contribution is 5.35. The predicted molar refractivity (Wildman–Crippen MR) is 80.3 cm³/mol. The standard InChI is InChI=1S/C17H25FN2/c1-19-9-6-13-7-10-20(11-8-13)17-5-3-14-2-4-15(18)12-16(14)17/h2,4,12-13,17,19H,3,5-11H2,1H3. The number of benzene rings is 1. The van der Waals surface area contributed by atoms with Crippen molar-refractivity contribution < 1.29 is 4.39 Å². The van der Waals surface area contributed by atoms with Crippen LogP contribution in [0.2, 0.25) is 0 Å². The first-order chi connectivity index (χ1) is 9.78. The lowest BCUT2D eigenvalue weighted by Gasteiger charge is -2.36. The first-order valence-electron chi connectivity index (χ1n) is 7.95. The summed E-state index contributed by atoms with van der Waals surface area (Å²) in [6.45, 7) is 3.48. The minimum atomic E-state index is -0.0837. The molecule has 110 valence electrons. The summed E-state index contributed by atoms with van der Waals surface area (Å²) in [5, 5.41) is 3.25. The van der Waals surface area contributed by atoms with Crippen molar-refractivity contribution >= 4 is 0 Å². The molecule has 1 heterocycles. The molecule has 1 fully saturated rings. The van der Waals surface area contributed by atoms with Gasteiger partial charge in [0.1, 0.15) is 5.82 Å². The van der Waals surface area contributed by atoms with E-state index in [1.807, 2.05) is 13.1 Å². The Morgan fingerprint density at radius 3 is 2.80 bits per heavy atom. The molecule has 0 saturated carbocycles. The van der Waals surface area contributed by atoms with E-state index >= 15 is 0 Å². The summed E-state index contributed by atoms with van der Waals surface area (Å²) in [6, 6.07) is 5.81. The van der Waals surface area contributed by atoms with Gasteiger partial charge in [-0.05, 0) is 88.0 Å². The molecular formula is C17H25FN2. The van der Waals surface area contributed by atoms with Gasteiger partial charge in [-0.15, -0.1) is 0 Å². The summed E-state index contributed by atoms with van der Waals surface area (Å²) >= 11 is 0. The Labute approximate surface area is 121 Å². The van der Waals surface area contributed by atoms with Crippen LogP contribution in [0.25, 0.3) is 0 Å². The van der Waals surface area contributed by atoms with Crippen molar-refractivity contribution in [2.45, 2.75) is 38.1 Å². The van der Waals surface area contributed by atoms with Crippen LogP contribution in [0.3, 0.4) is 0 Å². The summed E-state index contributed by atoms with van der Waals surface area (Å²) < 4.78 is 13.5. The molecule has 1 aromatic rings. The molecule has 1 N–H and O–H groups in total. The van der Waals surface area contributed by atoms with Crippen LogP contribution in [0.4, 0.5) is 4.39 Å². The average molecular weight is 276 g/mol. The zero-order valence-electron chi connectivity index (χ0n) is 12.4. The van der Waals surface area contributed by atoms with Crippen LogP contribution in [-0.2, 0) is 6.42 Å². The number of likely N-dealkylation sites (tertiary alicyclic amines) is 1. The number of fused-ring (bicyclic) bond motifs is 1. The van der Waals surface area contributed by atoms with E-state index in [1.54, 1.807) is 12.1 Å². The minimum Gasteiger partial charge on any atom is -0.320 e. The Hall–Kier alpha value is -0.930. The number of aryl methyl sites for hydroxylation is 1. The van der Waals surface area contributed by atoms with Crippen molar-refractivity contribution in [3.63, 3.8) is 0 Å². The summed E-state index contributed by atoms with van der Waals surface area (Å²) in [7, 11) is 2.03. The van der Waals surface area contributed by atoms with Crippen LogP contribution < -0.4 is 5.32 Å². The average Bonchev–Trinajstić information content (AvgIpc) is 2.88. The van der Waals surface area contributed by atoms with Gasteiger partial charge in [-0.1, -0.05) is 6.07 Å². The van der Waals surface area contributed by atoms with Crippen molar-refractivity contribution in [2.24, 2.45) is 5.92 Å². The second kappa shape index (κ2) is 6.23. The SMILES string of the molecule is CNCCC1CCN(C2CCc3ccc(F)cc32)CC1. The molecule has 0 radical (unpaired) electrons. The van der Waals surface area contributed by atoms with Crippen LogP contribution in [0.1, 0.15) is 42.9 Å². The van der Waals surface area contributed by atoms with Crippen molar-refractivity contribution in [1.82, 2.24) is 10.2 Å². The number of piperidine rings is 1. The molecule has 1 aliphatic heterocycles. The van der Waals surface area contributed by atoms with E-state index < -0.39 is 0 Å². The largest absolute Gasteiger partial charge is 0.320 e. The molecule has 3 heteroatoms. The maximum absolute atomic E-state index is 13.5. The third kappa shape index (κ3) is 2.89. The molecule has 1 aromatic carbocycles. The number of hydrogen-bond donors (Lipinski definition) is 1. The van der Waals surface area contributed by atoms with Gasteiger partial charge in [0, 0.05) is 6.04 Å². The van der Waals surface area contributed by atoms with E-state index in [0.717, 1.165) is 18.9 Å². The molecule has 20 heavy (non-hydrogen) atoms. The van der Waals surface area contributed by atoms with Crippen LogP contribution in [0.15, 0.2) is 18.2 Å². The number of hydrogen-bond acceptors (Lipinski definition) is 2. The van der Waals surface area contributed by atoms with E-state index in [2.05, 4.69) is 10.2 Å². The third-order valence-corrected chi connectivity index (χ3v) is 5.05. The number of nitrogens with zero attached hydrogens (tertiary/aromatic N) is 1. The first kappa shape index (κ1) is 14.0. The Balaban J connectivity index is 1.61. The molecular weight excluding hydrogens is 251 g/mol. The van der Waals surface area contributed by atoms with Gasteiger partial charge in [-0.25, -0.2) is 4.39 Å². The van der Waals surface area contributed by atoms with Crippen molar-refractivity contribution in [3.05, 3.63) is 35.1 Å². The van der Waals surface area contributed by atoms with Gasteiger partial charge in [0.2, 0.25) is 0 Å². The highest BCUT2D eigenvalue weighted by atomic mass is 19.1. The molecule has 1 unspecified atom stereocenters. The van der Waals surface area contributed by atoms with Gasteiger partial charge in [0.15, 0.2) is 0 Å². The molecule has 1 aliphatic carbocycles. The highest BCUT2D eigenvalue weighted by Gasteiger charge is 2.30. The zero-order valence-corrected chi connectivity index (χ0v) is 12.4. The monoisotopic (exact) mass is 276 g/mol. The zero-order chi connectivity index (χ0) is 13.9. The fraction of sp³-hybridized carbons (Fsp3) is 0.647. The Morgan fingerprint density at radius 1 is 1.25 bits per heavy atom. The Bertz CT molecular complexity index is 452. The van der Waals surface area contributed by atoms with Crippen LogP contribution in [0, 0.1) is 11.7 Å². The van der Waals surface area contributed by atoms with E-state index in [4.69, 9.17) is 0 Å². The predicted octanol–water partition coefficient (Wildman–Crippen LogP) is 3.13. The molecule has 2 aliphatic rings. The Morgan fingerprint density at radius 2 is 2.05 bits per heavy atom. The molecule has 0 amide bonds. The second-order valence-electron chi connectivity index (χ2n) is 6.27. The summed E-state index contributed by atoms with van der Waals surface area (Å²) in [4.78, 5) is 2.58. The van der Waals surface area contributed by atoms with Crippen LogP contribution in [0.5, 0.6) is 0 Å². The van der Waals surface area contributed by atoms with Gasteiger partial charge in [-0.2, -0.15) is 0 Å². The number of halogens is 1. The van der Waals surface area contributed by atoms with Gasteiger partial charge in [-0.3, -0.25) is 4.90 Å². The van der Waals surface area contributed by atoms with E-state index in [-0.39, 0.29) is 5.82 Å². The first-order valence-corrected chi connectivity index (χ1v) is 7.95. The summed E-state index contributed by atoms with van der Waals surface area (Å²) in [5.74, 6) is 0.784. The molecule has 1 atom stereocenters. The smallest absolute Gasteiger partial charge is 0.123 e. The number of nitrogens with one attached hydrogen (secondary N) is 1. The fourth-order valence-electron chi connectivity index (χ4n) is 3.83. The third-order valence-electron chi connectivity index (χ3n) is 5.05. The number of rotatable bonds is 4. The lowest BCUT2D eigenvalue weighted by Crippen LogP contribution is -2.36. The molecule has 3 rings (SSSR count). The quantitative estimate of drug-likeness (QED) is 0.909. The highest BCUT2D eigenvalue weighted by Crippen LogP contribution is 2.38. The summed E-state index contributed by atoms with van der Waals surface area (Å²) in [5.41, 5.74) is 2.60. The van der Waals surface area contributed by atoms with Crippen molar-refractivity contribution in [2.75, 3.05) is 26.7 Å². The lowest BCUT2D eigenvalue weighted by atomic mass is 9.92. The maximum Gasteiger partial charge on any atom is 0.123 e. The lowest BCUT2D eigenvalue weighted by molar-refractivity contribution is 0.129. The maximum atomic E-state index is 13.5. The second-order valence-corrected chi connectivity index (χ2v) is 6.27. The topological polar surface area (TPSA) is 15.3 Å². The molecule has 0 aromatic heterocycles. The molecule has 2 nitrogen and oxygen atoms in total. The van der Waals surface area contributed by atoms with Gasteiger partial charge < -0.3 is 5.32 Å². The van der Waals surface area contributed by atoms with Crippen molar-refractivity contribution in [1.29, 1.82) is 0 Å². The van der Waals surface area contributed by atoms with E-state index in [0.29, 0.717) is 6.04 Å². The fourth-order valence-corrected chi connectivity index (χ4v) is 3.83. The Kier molecular flexibility index (Phi) is 4.37. The van der Waals surface area contributed by atoms with Crippen molar-refractivity contribution in [3.8, 4) is 0 Å². The van der Waals surface area contributed by atoms with Crippen LogP contribution >= 0.6 is 0 Å². The van der Waals surface area contributed by atoms with E-state index in [9.17, 15) is 4.39 Å². The summed E-state index contributed by atoms with van der Waals surface area (Å²) in [6.07, 6.45) is 6.16. The minimum absolute atomic E-state index is 0.0837. The molecule has 0 bridgehead atoms. The van der Waals surface area contributed by atoms with Gasteiger partial charge >= 0.3 is 0 Å². The normalized spacial score (nSPS) is 24.0. The van der Waals surface area contributed by atoms with Crippen LogP contribution in [-0.4, -0.2) is 31.6 Å². The molecule has 1 saturated heterocycles. The van der Waals surface area contributed by atoms with Gasteiger partial charge in [0.05, 0.1) is 0 Å². The van der Waals surface area contributed by atoms with E-state index in [1.165, 1.54) is 49.9 Å². The molecule has 0 spiro atoms.